The molecule has 0 radical (unpaired) electrons. The Morgan fingerprint density at radius 2 is 1.94 bits per heavy atom. The lowest BCUT2D eigenvalue weighted by atomic mass is 9.81. The van der Waals surface area contributed by atoms with Crippen molar-refractivity contribution in [2.24, 2.45) is 11.7 Å². The van der Waals surface area contributed by atoms with Crippen molar-refractivity contribution in [3.63, 3.8) is 0 Å². The van der Waals surface area contributed by atoms with Crippen LogP contribution in [0, 0.1) is 18.7 Å². The normalized spacial score (nSPS) is 24.6. The summed E-state index contributed by atoms with van der Waals surface area (Å²) in [5.74, 6) is -0.0712. The maximum Gasteiger partial charge on any atom is 0.166 e. The summed E-state index contributed by atoms with van der Waals surface area (Å²) in [5, 5.41) is 0. The number of hydrogen-bond donors (Lipinski definition) is 1. The number of benzene rings is 1. The van der Waals surface area contributed by atoms with Crippen LogP contribution in [0.1, 0.15) is 41.6 Å². The minimum absolute atomic E-state index is 0.0685. The Kier molecular flexibility index (Phi) is 3.57. The molecule has 0 aromatic heterocycles. The van der Waals surface area contributed by atoms with Crippen molar-refractivity contribution in [1.82, 2.24) is 0 Å². The van der Waals surface area contributed by atoms with Gasteiger partial charge >= 0.3 is 0 Å². The number of carbonyl (C=O) groups is 1. The number of ketones is 1. The average molecular weight is 235 g/mol. The number of carbonyl (C=O) groups excluding carboxylic acids is 1. The zero-order valence-electron chi connectivity index (χ0n) is 10.1. The summed E-state index contributed by atoms with van der Waals surface area (Å²) in [6.07, 6.45) is 3.54. The van der Waals surface area contributed by atoms with Crippen molar-refractivity contribution in [2.75, 3.05) is 0 Å². The molecule has 2 rings (SSSR count). The summed E-state index contributed by atoms with van der Waals surface area (Å²) in [7, 11) is 0. The molecule has 0 aliphatic heterocycles. The van der Waals surface area contributed by atoms with E-state index in [9.17, 15) is 9.18 Å². The van der Waals surface area contributed by atoms with Crippen LogP contribution in [0.15, 0.2) is 18.2 Å². The van der Waals surface area contributed by atoms with Gasteiger partial charge in [0.25, 0.3) is 0 Å². The first-order chi connectivity index (χ1) is 8.08. The molecule has 92 valence electrons. The molecule has 2 N–H and O–H groups in total. The van der Waals surface area contributed by atoms with E-state index in [1.165, 1.54) is 12.1 Å². The van der Waals surface area contributed by atoms with Crippen LogP contribution in [-0.4, -0.2) is 11.8 Å². The van der Waals surface area contributed by atoms with Crippen LogP contribution in [0.5, 0.6) is 0 Å². The maximum atomic E-state index is 13.0. The largest absolute Gasteiger partial charge is 0.328 e. The first-order valence-corrected chi connectivity index (χ1v) is 6.14. The summed E-state index contributed by atoms with van der Waals surface area (Å²) in [5.41, 5.74) is 7.21. The second-order valence-corrected chi connectivity index (χ2v) is 4.94. The van der Waals surface area contributed by atoms with E-state index < -0.39 is 0 Å². The molecule has 2 nitrogen and oxygen atoms in total. The van der Waals surface area contributed by atoms with Crippen molar-refractivity contribution in [3.8, 4) is 0 Å². The van der Waals surface area contributed by atoms with Gasteiger partial charge in [-0.05, 0) is 56.4 Å². The molecule has 0 amide bonds. The zero-order chi connectivity index (χ0) is 12.4. The minimum atomic E-state index is -0.287. The van der Waals surface area contributed by atoms with Crippen LogP contribution in [0.25, 0.3) is 0 Å². The zero-order valence-corrected chi connectivity index (χ0v) is 10.1. The van der Waals surface area contributed by atoms with Crippen LogP contribution >= 0.6 is 0 Å². The van der Waals surface area contributed by atoms with Crippen molar-refractivity contribution in [3.05, 3.63) is 35.1 Å². The Morgan fingerprint density at radius 1 is 1.29 bits per heavy atom. The monoisotopic (exact) mass is 235 g/mol. The molecule has 0 saturated heterocycles. The van der Waals surface area contributed by atoms with Gasteiger partial charge in [0.1, 0.15) is 5.82 Å². The van der Waals surface area contributed by atoms with Gasteiger partial charge in [0.2, 0.25) is 0 Å². The minimum Gasteiger partial charge on any atom is -0.328 e. The number of nitrogens with two attached hydrogens (primary N) is 1. The SMILES string of the molecule is Cc1cc(F)ccc1C(=O)C1CCC(N)CC1. The molecule has 1 aromatic rings. The summed E-state index contributed by atoms with van der Waals surface area (Å²) < 4.78 is 13.0. The summed E-state index contributed by atoms with van der Waals surface area (Å²) in [6.45, 7) is 1.78. The number of aryl methyl sites for hydroxylation is 1. The smallest absolute Gasteiger partial charge is 0.166 e. The Bertz CT molecular complexity index is 422. The average Bonchev–Trinajstić information content (AvgIpc) is 2.29. The molecule has 17 heavy (non-hydrogen) atoms. The van der Waals surface area contributed by atoms with Gasteiger partial charge in [-0.3, -0.25) is 4.79 Å². The van der Waals surface area contributed by atoms with Crippen LogP contribution in [0.4, 0.5) is 4.39 Å². The fraction of sp³-hybridized carbons (Fsp3) is 0.500. The molecule has 0 heterocycles. The number of Topliss-reactive ketones (excluding diaryl/α,β-unsaturated/α-hetero) is 1. The Morgan fingerprint density at radius 3 is 2.53 bits per heavy atom. The van der Waals surface area contributed by atoms with E-state index >= 15 is 0 Å². The summed E-state index contributed by atoms with van der Waals surface area (Å²) in [6, 6.07) is 4.62. The quantitative estimate of drug-likeness (QED) is 0.801. The van der Waals surface area contributed by atoms with Gasteiger partial charge in [-0.15, -0.1) is 0 Å². The van der Waals surface area contributed by atoms with Crippen molar-refractivity contribution in [2.45, 2.75) is 38.6 Å². The van der Waals surface area contributed by atoms with E-state index in [1.807, 2.05) is 0 Å². The predicted molar refractivity (Wildman–Crippen MR) is 65.4 cm³/mol. The lowest BCUT2D eigenvalue weighted by molar-refractivity contribution is 0.0884. The van der Waals surface area contributed by atoms with E-state index in [1.54, 1.807) is 13.0 Å². The fourth-order valence-electron chi connectivity index (χ4n) is 2.50. The number of hydrogen-bond acceptors (Lipinski definition) is 2. The van der Waals surface area contributed by atoms with Gasteiger partial charge in [0.15, 0.2) is 5.78 Å². The molecular formula is C14H18FNO. The van der Waals surface area contributed by atoms with E-state index in [0.29, 0.717) is 5.56 Å². The standard InChI is InChI=1S/C14H18FNO/c1-9-8-11(15)4-7-13(9)14(17)10-2-5-12(16)6-3-10/h4,7-8,10,12H,2-3,5-6,16H2,1H3. The molecule has 0 atom stereocenters. The van der Waals surface area contributed by atoms with Crippen LogP contribution in [-0.2, 0) is 0 Å². The highest BCUT2D eigenvalue weighted by Gasteiger charge is 2.26. The Hall–Kier alpha value is -1.22. The molecule has 1 fully saturated rings. The van der Waals surface area contributed by atoms with Crippen molar-refractivity contribution >= 4 is 5.78 Å². The number of rotatable bonds is 2. The van der Waals surface area contributed by atoms with Gasteiger partial charge in [-0.1, -0.05) is 0 Å². The van der Waals surface area contributed by atoms with E-state index in [2.05, 4.69) is 0 Å². The first-order valence-electron chi connectivity index (χ1n) is 6.14. The van der Waals surface area contributed by atoms with Gasteiger partial charge in [0.05, 0.1) is 0 Å². The molecule has 1 saturated carbocycles. The maximum absolute atomic E-state index is 13.0. The van der Waals surface area contributed by atoms with Crippen LogP contribution in [0.3, 0.4) is 0 Å². The Labute approximate surface area is 101 Å². The Balaban J connectivity index is 2.14. The second-order valence-electron chi connectivity index (χ2n) is 4.94. The van der Waals surface area contributed by atoms with Crippen LogP contribution in [0.2, 0.25) is 0 Å². The third-order valence-electron chi connectivity index (χ3n) is 3.60. The van der Waals surface area contributed by atoms with Crippen molar-refractivity contribution < 1.29 is 9.18 Å². The molecule has 1 aliphatic rings. The highest BCUT2D eigenvalue weighted by atomic mass is 19.1. The molecule has 0 spiro atoms. The molecule has 1 aliphatic carbocycles. The van der Waals surface area contributed by atoms with E-state index in [4.69, 9.17) is 5.73 Å². The van der Waals surface area contributed by atoms with E-state index in [-0.39, 0.29) is 23.6 Å². The molecular weight excluding hydrogens is 217 g/mol. The topological polar surface area (TPSA) is 43.1 Å². The lowest BCUT2D eigenvalue weighted by Crippen LogP contribution is -2.30. The van der Waals surface area contributed by atoms with Crippen molar-refractivity contribution in [1.29, 1.82) is 0 Å². The third kappa shape index (κ3) is 2.72. The molecule has 1 aromatic carbocycles. The third-order valence-corrected chi connectivity index (χ3v) is 3.60. The first kappa shape index (κ1) is 12.2. The van der Waals surface area contributed by atoms with Gasteiger partial charge in [-0.2, -0.15) is 0 Å². The summed E-state index contributed by atoms with van der Waals surface area (Å²) in [4.78, 5) is 12.3. The van der Waals surface area contributed by atoms with E-state index in [0.717, 1.165) is 31.2 Å². The lowest BCUT2D eigenvalue weighted by Gasteiger charge is -2.25. The van der Waals surface area contributed by atoms with Gasteiger partial charge in [-0.25, -0.2) is 4.39 Å². The predicted octanol–water partition coefficient (Wildman–Crippen LogP) is 2.83. The fourth-order valence-corrected chi connectivity index (χ4v) is 2.50. The molecule has 0 bridgehead atoms. The molecule has 0 unspecified atom stereocenters. The van der Waals surface area contributed by atoms with Gasteiger partial charge < -0.3 is 5.73 Å². The summed E-state index contributed by atoms with van der Waals surface area (Å²) >= 11 is 0. The number of halogens is 1. The highest BCUT2D eigenvalue weighted by molar-refractivity contribution is 5.99. The molecule has 3 heteroatoms. The highest BCUT2D eigenvalue weighted by Crippen LogP contribution is 2.27. The van der Waals surface area contributed by atoms with Crippen LogP contribution < -0.4 is 5.73 Å². The second kappa shape index (κ2) is 4.96. The van der Waals surface area contributed by atoms with Gasteiger partial charge in [0, 0.05) is 17.5 Å².